The fourth-order valence-corrected chi connectivity index (χ4v) is 1.71. The van der Waals surface area contributed by atoms with Gasteiger partial charge in [-0.15, -0.1) is 0 Å². The molecule has 0 unspecified atom stereocenters. The summed E-state index contributed by atoms with van der Waals surface area (Å²) in [6.07, 6.45) is 1.44. The number of rotatable bonds is 5. The third-order valence-corrected chi connectivity index (χ3v) is 2.48. The number of aromatic nitrogens is 2. The van der Waals surface area contributed by atoms with Gasteiger partial charge in [0.05, 0.1) is 6.42 Å². The maximum absolute atomic E-state index is 11.7. The van der Waals surface area contributed by atoms with Crippen LogP contribution in [0.15, 0.2) is 12.3 Å². The Morgan fingerprint density at radius 1 is 1.35 bits per heavy atom. The van der Waals surface area contributed by atoms with Crippen molar-refractivity contribution in [3.05, 3.63) is 12.3 Å². The Hall–Kier alpha value is -2.38. The Morgan fingerprint density at radius 3 is 2.50 bits per heavy atom. The lowest BCUT2D eigenvalue weighted by Gasteiger charge is -2.21. The molecule has 0 radical (unpaired) electrons. The zero-order valence-electron chi connectivity index (χ0n) is 11.6. The van der Waals surface area contributed by atoms with Crippen LogP contribution in [0.25, 0.3) is 0 Å². The lowest BCUT2D eigenvalue weighted by molar-refractivity contribution is -0.139. The van der Waals surface area contributed by atoms with E-state index in [4.69, 9.17) is 5.11 Å². The molecule has 110 valence electrons. The number of carbonyl (C=O) groups excluding carboxylic acids is 2. The van der Waals surface area contributed by atoms with Crippen molar-refractivity contribution in [3.8, 4) is 0 Å². The van der Waals surface area contributed by atoms with E-state index in [1.165, 1.54) is 4.68 Å². The number of nitrogens with zero attached hydrogens (tertiary/aromatic N) is 2. The van der Waals surface area contributed by atoms with Crippen molar-refractivity contribution in [1.29, 1.82) is 0 Å². The molecule has 0 atom stereocenters. The minimum absolute atomic E-state index is 0.0606. The van der Waals surface area contributed by atoms with Crippen LogP contribution in [0.3, 0.4) is 0 Å². The number of urea groups is 1. The molecule has 0 aliphatic rings. The number of hydrogen-bond acceptors (Lipinski definition) is 4. The van der Waals surface area contributed by atoms with Crippen LogP contribution in [0.1, 0.15) is 26.7 Å². The van der Waals surface area contributed by atoms with Crippen LogP contribution in [-0.4, -0.2) is 32.8 Å². The molecule has 8 nitrogen and oxygen atoms in total. The molecule has 1 aromatic rings. The highest BCUT2D eigenvalue weighted by Gasteiger charge is 2.26. The van der Waals surface area contributed by atoms with Gasteiger partial charge < -0.3 is 5.11 Å². The van der Waals surface area contributed by atoms with Gasteiger partial charge >= 0.3 is 12.0 Å². The molecule has 3 N–H and O–H groups in total. The molecule has 0 aliphatic heterocycles. The van der Waals surface area contributed by atoms with Crippen LogP contribution < -0.4 is 10.6 Å². The molecule has 0 fully saturated rings. The van der Waals surface area contributed by atoms with E-state index in [0.29, 0.717) is 5.82 Å². The minimum Gasteiger partial charge on any atom is -0.481 e. The van der Waals surface area contributed by atoms with Crippen molar-refractivity contribution in [3.63, 3.8) is 0 Å². The molecule has 0 spiro atoms. The van der Waals surface area contributed by atoms with Crippen molar-refractivity contribution in [1.82, 2.24) is 15.1 Å². The largest absolute Gasteiger partial charge is 0.481 e. The van der Waals surface area contributed by atoms with Crippen LogP contribution in [0.5, 0.6) is 0 Å². The molecule has 1 rings (SSSR count). The van der Waals surface area contributed by atoms with E-state index in [-0.39, 0.29) is 12.8 Å². The molecule has 20 heavy (non-hydrogen) atoms. The SMILES string of the molecule is Cn1ccc(NC(=O)NC(=O)CC(C)(C)CC(=O)O)n1. The summed E-state index contributed by atoms with van der Waals surface area (Å²) in [6.45, 7) is 3.30. The molecule has 0 saturated heterocycles. The smallest absolute Gasteiger partial charge is 0.327 e. The Bertz CT molecular complexity index is 521. The van der Waals surface area contributed by atoms with E-state index in [1.807, 2.05) is 0 Å². The van der Waals surface area contributed by atoms with Crippen molar-refractivity contribution in [2.24, 2.45) is 12.5 Å². The second-order valence-corrected chi connectivity index (χ2v) is 5.29. The minimum atomic E-state index is -0.985. The number of carbonyl (C=O) groups is 3. The predicted octanol–water partition coefficient (Wildman–Crippen LogP) is 0.959. The molecular weight excluding hydrogens is 264 g/mol. The van der Waals surface area contributed by atoms with Crippen LogP contribution in [-0.2, 0) is 16.6 Å². The third kappa shape index (κ3) is 5.51. The molecule has 0 aromatic carbocycles. The standard InChI is InChI=1S/C12H18N4O4/c1-12(2,7-10(18)19)6-9(17)14-11(20)13-8-4-5-16(3)15-8/h4-5H,6-7H2,1-3H3,(H,18,19)(H2,13,14,15,17,20). The molecule has 0 bridgehead atoms. The van der Waals surface area contributed by atoms with Crippen molar-refractivity contribution < 1.29 is 19.5 Å². The van der Waals surface area contributed by atoms with E-state index in [9.17, 15) is 14.4 Å². The third-order valence-electron chi connectivity index (χ3n) is 2.48. The van der Waals surface area contributed by atoms with Gasteiger partial charge in [-0.3, -0.25) is 24.9 Å². The number of aliphatic carboxylic acids is 1. The molecule has 0 saturated carbocycles. The molecule has 1 heterocycles. The summed E-state index contributed by atoms with van der Waals surface area (Å²) in [5.74, 6) is -1.20. The number of nitrogens with one attached hydrogen (secondary N) is 2. The van der Waals surface area contributed by atoms with Gasteiger partial charge in [-0.25, -0.2) is 4.79 Å². The highest BCUT2D eigenvalue weighted by atomic mass is 16.4. The average molecular weight is 282 g/mol. The summed E-state index contributed by atoms with van der Waals surface area (Å²) >= 11 is 0. The van der Waals surface area contributed by atoms with E-state index in [2.05, 4.69) is 15.7 Å². The summed E-state index contributed by atoms with van der Waals surface area (Å²) in [5.41, 5.74) is -0.721. The lowest BCUT2D eigenvalue weighted by atomic mass is 9.85. The first-order chi connectivity index (χ1) is 9.18. The number of hydrogen-bond donors (Lipinski definition) is 3. The maximum Gasteiger partial charge on any atom is 0.327 e. The molecule has 8 heteroatoms. The first-order valence-electron chi connectivity index (χ1n) is 6.00. The van der Waals surface area contributed by atoms with E-state index in [0.717, 1.165) is 0 Å². The number of anilines is 1. The second kappa shape index (κ2) is 6.18. The highest BCUT2D eigenvalue weighted by molar-refractivity contribution is 6.00. The van der Waals surface area contributed by atoms with Crippen LogP contribution in [0.2, 0.25) is 0 Å². The number of imide groups is 1. The first-order valence-corrected chi connectivity index (χ1v) is 6.00. The van der Waals surface area contributed by atoms with Crippen molar-refractivity contribution in [2.75, 3.05) is 5.32 Å². The summed E-state index contributed by atoms with van der Waals surface area (Å²) < 4.78 is 1.51. The number of carboxylic acids is 1. The van der Waals surface area contributed by atoms with Gasteiger partial charge in [-0.05, 0) is 5.41 Å². The van der Waals surface area contributed by atoms with Gasteiger partial charge in [0, 0.05) is 25.7 Å². The van der Waals surface area contributed by atoms with E-state index in [1.54, 1.807) is 33.2 Å². The zero-order valence-corrected chi connectivity index (χ0v) is 11.6. The summed E-state index contributed by atoms with van der Waals surface area (Å²) in [7, 11) is 1.70. The quantitative estimate of drug-likeness (QED) is 0.744. The van der Waals surface area contributed by atoms with E-state index < -0.39 is 23.3 Å². The summed E-state index contributed by atoms with van der Waals surface area (Å²) in [6, 6.07) is 0.887. The second-order valence-electron chi connectivity index (χ2n) is 5.29. The van der Waals surface area contributed by atoms with Gasteiger partial charge in [0.15, 0.2) is 5.82 Å². The maximum atomic E-state index is 11.7. The molecular formula is C12H18N4O4. The van der Waals surface area contributed by atoms with E-state index >= 15 is 0 Å². The summed E-state index contributed by atoms with van der Waals surface area (Å²) in [5, 5.41) is 17.2. The van der Waals surface area contributed by atoms with Crippen LogP contribution in [0, 0.1) is 5.41 Å². The van der Waals surface area contributed by atoms with Gasteiger partial charge in [0.1, 0.15) is 0 Å². The average Bonchev–Trinajstić information content (AvgIpc) is 2.59. The molecule has 3 amide bonds. The first kappa shape index (κ1) is 15.7. The molecule has 1 aromatic heterocycles. The summed E-state index contributed by atoms with van der Waals surface area (Å²) in [4.78, 5) is 33.8. The highest BCUT2D eigenvalue weighted by Crippen LogP contribution is 2.24. The monoisotopic (exact) mass is 282 g/mol. The molecule has 0 aliphatic carbocycles. The van der Waals surface area contributed by atoms with Gasteiger partial charge in [-0.1, -0.05) is 13.8 Å². The Balaban J connectivity index is 2.45. The Kier molecular flexibility index (Phi) is 4.84. The lowest BCUT2D eigenvalue weighted by Crippen LogP contribution is -2.37. The fourth-order valence-electron chi connectivity index (χ4n) is 1.71. The van der Waals surface area contributed by atoms with Gasteiger partial charge in [0.2, 0.25) is 5.91 Å². The number of amides is 3. The topological polar surface area (TPSA) is 113 Å². The van der Waals surface area contributed by atoms with Crippen LogP contribution >= 0.6 is 0 Å². The van der Waals surface area contributed by atoms with Crippen LogP contribution in [0.4, 0.5) is 10.6 Å². The normalized spacial score (nSPS) is 10.9. The van der Waals surface area contributed by atoms with Gasteiger partial charge in [0.25, 0.3) is 0 Å². The fraction of sp³-hybridized carbons (Fsp3) is 0.500. The Labute approximate surface area is 116 Å². The van der Waals surface area contributed by atoms with Crippen molar-refractivity contribution in [2.45, 2.75) is 26.7 Å². The predicted molar refractivity (Wildman–Crippen MR) is 71.0 cm³/mol. The zero-order chi connectivity index (χ0) is 15.3. The van der Waals surface area contributed by atoms with Gasteiger partial charge in [-0.2, -0.15) is 5.10 Å². The van der Waals surface area contributed by atoms with Crippen molar-refractivity contribution >= 4 is 23.7 Å². The number of aryl methyl sites for hydroxylation is 1. The Morgan fingerprint density at radius 2 is 2.00 bits per heavy atom. The number of carboxylic acid groups (broad SMARTS) is 1.